The molecule has 0 amide bonds. The van der Waals surface area contributed by atoms with Crippen LogP contribution >= 0.6 is 0 Å². The van der Waals surface area contributed by atoms with Crippen molar-refractivity contribution >= 4 is 15.7 Å². The molecule has 0 aliphatic rings. The first-order valence-corrected chi connectivity index (χ1v) is 10.3. The Morgan fingerprint density at radius 3 is 2.48 bits per heavy atom. The molecule has 148 valence electrons. The second-order valence-corrected chi connectivity index (χ2v) is 8.22. The number of furan rings is 1. The number of hydrogen-bond acceptors (Lipinski definition) is 6. The molecule has 0 atom stereocenters. The summed E-state index contributed by atoms with van der Waals surface area (Å²) in [6, 6.07) is 15.4. The molecule has 0 radical (unpaired) electrons. The van der Waals surface area contributed by atoms with Crippen LogP contribution in [0, 0.1) is 12.7 Å². The van der Waals surface area contributed by atoms with Crippen LogP contribution in [0.25, 0.3) is 11.5 Å². The molecular formula is C21H17FN2O4S. The van der Waals surface area contributed by atoms with E-state index in [2.05, 4.69) is 10.3 Å². The van der Waals surface area contributed by atoms with Crippen LogP contribution in [0.2, 0.25) is 0 Å². The first-order chi connectivity index (χ1) is 13.9. The van der Waals surface area contributed by atoms with Crippen molar-refractivity contribution in [2.45, 2.75) is 23.4 Å². The standard InChI is InChI=1S/C21H17FN2O4S/c1-14-5-2-3-7-18(14)19-24-21(20(28-19)23-13-16-6-4-12-27-16)29(25,26)17-10-8-15(22)9-11-17/h2-12,23H,13H2,1H3. The number of aryl methyl sites for hydroxylation is 1. The third-order valence-corrected chi connectivity index (χ3v) is 6.03. The average molecular weight is 412 g/mol. The quantitative estimate of drug-likeness (QED) is 0.457. The number of nitrogens with zero attached hydrogens (tertiary/aromatic N) is 1. The highest BCUT2D eigenvalue weighted by Gasteiger charge is 2.29. The van der Waals surface area contributed by atoms with Gasteiger partial charge in [0.1, 0.15) is 11.6 Å². The molecule has 2 heterocycles. The number of anilines is 1. The largest absolute Gasteiger partial charge is 0.467 e. The van der Waals surface area contributed by atoms with E-state index in [1.807, 2.05) is 25.1 Å². The van der Waals surface area contributed by atoms with Gasteiger partial charge in [0.05, 0.1) is 17.7 Å². The summed E-state index contributed by atoms with van der Waals surface area (Å²) in [5.41, 5.74) is 1.56. The second kappa shape index (κ2) is 7.56. The lowest BCUT2D eigenvalue weighted by atomic mass is 10.1. The number of halogens is 1. The minimum Gasteiger partial charge on any atom is -0.467 e. The van der Waals surface area contributed by atoms with E-state index in [0.29, 0.717) is 11.3 Å². The Kier molecular flexibility index (Phi) is 4.94. The maximum absolute atomic E-state index is 13.3. The number of benzene rings is 2. The van der Waals surface area contributed by atoms with Crippen LogP contribution < -0.4 is 5.32 Å². The smallest absolute Gasteiger partial charge is 0.234 e. The molecule has 2 aromatic carbocycles. The lowest BCUT2D eigenvalue weighted by Gasteiger charge is -2.05. The average Bonchev–Trinajstić information content (AvgIpc) is 3.37. The summed E-state index contributed by atoms with van der Waals surface area (Å²) in [5, 5.41) is 2.67. The highest BCUT2D eigenvalue weighted by molar-refractivity contribution is 7.91. The monoisotopic (exact) mass is 412 g/mol. The van der Waals surface area contributed by atoms with Crippen molar-refractivity contribution in [3.8, 4) is 11.5 Å². The van der Waals surface area contributed by atoms with E-state index in [4.69, 9.17) is 8.83 Å². The third-order valence-electron chi connectivity index (χ3n) is 4.35. The van der Waals surface area contributed by atoms with E-state index in [1.165, 1.54) is 18.4 Å². The molecule has 4 aromatic rings. The molecule has 0 unspecified atom stereocenters. The third kappa shape index (κ3) is 3.79. The Balaban J connectivity index is 1.80. The molecule has 8 heteroatoms. The van der Waals surface area contributed by atoms with Crippen LogP contribution in [0.15, 0.2) is 85.7 Å². The van der Waals surface area contributed by atoms with Gasteiger partial charge in [-0.15, -0.1) is 0 Å². The van der Waals surface area contributed by atoms with Crippen molar-refractivity contribution in [3.63, 3.8) is 0 Å². The highest BCUT2D eigenvalue weighted by atomic mass is 32.2. The van der Waals surface area contributed by atoms with Crippen molar-refractivity contribution in [2.24, 2.45) is 0 Å². The van der Waals surface area contributed by atoms with Gasteiger partial charge >= 0.3 is 0 Å². The predicted octanol–water partition coefficient (Wildman–Crippen LogP) is 4.83. The molecule has 0 aliphatic heterocycles. The Morgan fingerprint density at radius 2 is 1.79 bits per heavy atom. The summed E-state index contributed by atoms with van der Waals surface area (Å²) in [7, 11) is -4.04. The van der Waals surface area contributed by atoms with Gasteiger partial charge in [-0.2, -0.15) is 4.98 Å². The Hall–Kier alpha value is -3.39. The Bertz CT molecular complexity index is 1230. The number of oxazole rings is 1. The molecule has 0 fully saturated rings. The molecule has 0 saturated heterocycles. The van der Waals surface area contributed by atoms with E-state index in [1.54, 1.807) is 18.2 Å². The van der Waals surface area contributed by atoms with Crippen molar-refractivity contribution in [1.29, 1.82) is 0 Å². The van der Waals surface area contributed by atoms with Gasteiger partial charge in [0.15, 0.2) is 0 Å². The van der Waals surface area contributed by atoms with Gasteiger partial charge in [-0.05, 0) is 55.0 Å². The van der Waals surface area contributed by atoms with Crippen LogP contribution in [0.5, 0.6) is 0 Å². The van der Waals surface area contributed by atoms with Crippen LogP contribution in [0.3, 0.4) is 0 Å². The van der Waals surface area contributed by atoms with Crippen molar-refractivity contribution in [1.82, 2.24) is 4.98 Å². The summed E-state index contributed by atoms with van der Waals surface area (Å²) in [5.74, 6) is 0.236. The fourth-order valence-corrected chi connectivity index (χ4v) is 4.11. The summed E-state index contributed by atoms with van der Waals surface area (Å²) >= 11 is 0. The van der Waals surface area contributed by atoms with E-state index in [-0.39, 0.29) is 28.2 Å². The lowest BCUT2D eigenvalue weighted by molar-refractivity contribution is 0.511. The van der Waals surface area contributed by atoms with E-state index in [9.17, 15) is 12.8 Å². The van der Waals surface area contributed by atoms with Gasteiger partial charge in [0.2, 0.25) is 26.6 Å². The molecule has 29 heavy (non-hydrogen) atoms. The number of aromatic nitrogens is 1. The van der Waals surface area contributed by atoms with Crippen LogP contribution in [0.4, 0.5) is 10.3 Å². The van der Waals surface area contributed by atoms with Gasteiger partial charge in [-0.3, -0.25) is 0 Å². The summed E-state index contributed by atoms with van der Waals surface area (Å²) in [6.07, 6.45) is 1.52. The van der Waals surface area contributed by atoms with Gasteiger partial charge in [0.25, 0.3) is 0 Å². The van der Waals surface area contributed by atoms with Gasteiger partial charge in [-0.1, -0.05) is 18.2 Å². The molecule has 0 saturated carbocycles. The maximum atomic E-state index is 13.3. The van der Waals surface area contributed by atoms with Gasteiger partial charge in [0, 0.05) is 5.56 Å². The van der Waals surface area contributed by atoms with E-state index in [0.717, 1.165) is 17.7 Å². The Labute approximate surface area is 166 Å². The first-order valence-electron chi connectivity index (χ1n) is 8.79. The molecule has 0 spiro atoms. The SMILES string of the molecule is Cc1ccccc1-c1nc(S(=O)(=O)c2ccc(F)cc2)c(NCc2ccco2)o1. The van der Waals surface area contributed by atoms with Crippen LogP contribution in [-0.4, -0.2) is 13.4 Å². The number of sulfone groups is 1. The van der Waals surface area contributed by atoms with E-state index < -0.39 is 15.7 Å². The summed E-state index contributed by atoms with van der Waals surface area (Å²) in [6.45, 7) is 2.09. The molecule has 1 N–H and O–H groups in total. The summed E-state index contributed by atoms with van der Waals surface area (Å²) < 4.78 is 50.6. The molecule has 0 bridgehead atoms. The van der Waals surface area contributed by atoms with Crippen LogP contribution in [-0.2, 0) is 16.4 Å². The Morgan fingerprint density at radius 1 is 1.03 bits per heavy atom. The minimum absolute atomic E-state index is 0.0102. The van der Waals surface area contributed by atoms with Gasteiger partial charge < -0.3 is 14.2 Å². The lowest BCUT2D eigenvalue weighted by Crippen LogP contribution is -2.07. The van der Waals surface area contributed by atoms with Crippen LogP contribution in [0.1, 0.15) is 11.3 Å². The van der Waals surface area contributed by atoms with Gasteiger partial charge in [-0.25, -0.2) is 12.8 Å². The molecule has 0 aliphatic carbocycles. The van der Waals surface area contributed by atoms with Crippen molar-refractivity contribution < 1.29 is 21.6 Å². The fraction of sp³-hybridized carbons (Fsp3) is 0.0952. The maximum Gasteiger partial charge on any atom is 0.234 e. The van der Waals surface area contributed by atoms with Crippen molar-refractivity contribution in [2.75, 3.05) is 5.32 Å². The topological polar surface area (TPSA) is 85.3 Å². The zero-order valence-electron chi connectivity index (χ0n) is 15.4. The minimum atomic E-state index is -4.04. The van der Waals surface area contributed by atoms with E-state index >= 15 is 0 Å². The zero-order chi connectivity index (χ0) is 20.4. The second-order valence-electron chi connectivity index (χ2n) is 6.36. The van der Waals surface area contributed by atoms with Crippen molar-refractivity contribution in [3.05, 3.63) is 84.1 Å². The zero-order valence-corrected chi connectivity index (χ0v) is 16.2. The number of hydrogen-bond donors (Lipinski definition) is 1. The normalized spacial score (nSPS) is 11.5. The first kappa shape index (κ1) is 18.9. The molecular weight excluding hydrogens is 395 g/mol. The molecule has 2 aromatic heterocycles. The number of nitrogens with one attached hydrogen (secondary N) is 1. The number of rotatable bonds is 6. The molecule has 4 rings (SSSR count). The molecule has 6 nitrogen and oxygen atoms in total. The predicted molar refractivity (Wildman–Crippen MR) is 105 cm³/mol. The highest BCUT2D eigenvalue weighted by Crippen LogP contribution is 2.33. The summed E-state index contributed by atoms with van der Waals surface area (Å²) in [4.78, 5) is 4.19. The fourth-order valence-electron chi connectivity index (χ4n) is 2.83.